The minimum absolute atomic E-state index is 0.0555. The van der Waals surface area contributed by atoms with Gasteiger partial charge in [-0.25, -0.2) is 4.39 Å². The van der Waals surface area contributed by atoms with Gasteiger partial charge in [0.1, 0.15) is 5.82 Å². The molecular formula is C17H24F4N4O. The Morgan fingerprint density at radius 1 is 1.35 bits per heavy atom. The van der Waals surface area contributed by atoms with Gasteiger partial charge in [-0.05, 0) is 31.0 Å². The number of hydrogen-bond donors (Lipinski definition) is 3. The molecule has 0 radical (unpaired) electrons. The van der Waals surface area contributed by atoms with Gasteiger partial charge >= 0.3 is 6.18 Å². The van der Waals surface area contributed by atoms with Crippen molar-refractivity contribution in [1.82, 2.24) is 15.5 Å². The van der Waals surface area contributed by atoms with Crippen molar-refractivity contribution in [3.05, 3.63) is 35.6 Å². The fourth-order valence-electron chi connectivity index (χ4n) is 2.83. The molecule has 2 rings (SSSR count). The highest BCUT2D eigenvalue weighted by atomic mass is 19.4. The van der Waals surface area contributed by atoms with Gasteiger partial charge in [0.25, 0.3) is 0 Å². The maximum absolute atomic E-state index is 12.9. The molecule has 0 aromatic heterocycles. The zero-order valence-corrected chi connectivity index (χ0v) is 14.6. The average Bonchev–Trinajstić information content (AvgIpc) is 2.98. The number of hydrogen-bond acceptors (Lipinski definition) is 3. The van der Waals surface area contributed by atoms with Crippen molar-refractivity contribution in [2.45, 2.75) is 31.7 Å². The summed E-state index contributed by atoms with van der Waals surface area (Å²) in [6.45, 7) is 2.25. The molecule has 146 valence electrons. The van der Waals surface area contributed by atoms with E-state index >= 15 is 0 Å². The molecule has 1 aromatic rings. The predicted molar refractivity (Wildman–Crippen MR) is 91.4 cm³/mol. The van der Waals surface area contributed by atoms with Crippen molar-refractivity contribution in [1.29, 1.82) is 0 Å². The largest absolute Gasteiger partial charge is 0.401 e. The summed E-state index contributed by atoms with van der Waals surface area (Å²) in [7, 11) is 0. The molecule has 0 spiro atoms. The Morgan fingerprint density at radius 3 is 2.65 bits per heavy atom. The zero-order valence-electron chi connectivity index (χ0n) is 14.6. The lowest BCUT2D eigenvalue weighted by Gasteiger charge is -2.20. The summed E-state index contributed by atoms with van der Waals surface area (Å²) in [6, 6.07) is 5.36. The number of guanidine groups is 1. The normalized spacial score (nSPS) is 20.2. The van der Waals surface area contributed by atoms with Crippen molar-refractivity contribution >= 4 is 5.96 Å². The summed E-state index contributed by atoms with van der Waals surface area (Å²) in [5.74, 6) is 0.0524. The van der Waals surface area contributed by atoms with Gasteiger partial charge in [0.2, 0.25) is 0 Å². The summed E-state index contributed by atoms with van der Waals surface area (Å²) in [5.41, 5.74) is 0.545. The second kappa shape index (κ2) is 9.18. The van der Waals surface area contributed by atoms with Gasteiger partial charge in [-0.15, -0.1) is 0 Å². The molecule has 26 heavy (non-hydrogen) atoms. The van der Waals surface area contributed by atoms with Crippen LogP contribution in [0.15, 0.2) is 29.3 Å². The lowest BCUT2D eigenvalue weighted by Crippen LogP contribution is -2.45. The van der Waals surface area contributed by atoms with Crippen LogP contribution in [0.2, 0.25) is 0 Å². The van der Waals surface area contributed by atoms with Crippen LogP contribution >= 0.6 is 0 Å². The van der Waals surface area contributed by atoms with E-state index in [9.17, 15) is 22.7 Å². The molecule has 2 atom stereocenters. The third-order valence-corrected chi connectivity index (χ3v) is 4.04. The van der Waals surface area contributed by atoms with E-state index in [1.54, 1.807) is 0 Å². The quantitative estimate of drug-likeness (QED) is 0.404. The lowest BCUT2D eigenvalue weighted by atomic mass is 10.1. The van der Waals surface area contributed by atoms with Crippen LogP contribution in [-0.4, -0.2) is 60.9 Å². The van der Waals surface area contributed by atoms with Crippen molar-refractivity contribution in [3.8, 4) is 0 Å². The van der Waals surface area contributed by atoms with Gasteiger partial charge in [0, 0.05) is 25.7 Å². The summed E-state index contributed by atoms with van der Waals surface area (Å²) < 4.78 is 50.3. The van der Waals surface area contributed by atoms with Gasteiger partial charge in [0.15, 0.2) is 5.96 Å². The van der Waals surface area contributed by atoms with Crippen LogP contribution in [0.25, 0.3) is 0 Å². The first-order valence-electron chi connectivity index (χ1n) is 8.54. The van der Waals surface area contributed by atoms with E-state index in [1.165, 1.54) is 29.2 Å². The number of nitrogens with zero attached hydrogens (tertiary/aromatic N) is 2. The topological polar surface area (TPSA) is 59.9 Å². The molecule has 1 aromatic carbocycles. The Morgan fingerprint density at radius 2 is 2.04 bits per heavy atom. The Balaban J connectivity index is 1.89. The predicted octanol–water partition coefficient (Wildman–Crippen LogP) is 2.05. The van der Waals surface area contributed by atoms with Crippen LogP contribution in [-0.2, 0) is 0 Å². The number of aliphatic imine (C=N–C) groups is 1. The van der Waals surface area contributed by atoms with E-state index in [-0.39, 0.29) is 24.9 Å². The van der Waals surface area contributed by atoms with Gasteiger partial charge in [-0.1, -0.05) is 12.1 Å². The lowest BCUT2D eigenvalue weighted by molar-refractivity contribution is -0.143. The number of aliphatic hydroxyl groups is 1. The van der Waals surface area contributed by atoms with E-state index < -0.39 is 18.8 Å². The van der Waals surface area contributed by atoms with Crippen LogP contribution in [0, 0.1) is 5.82 Å². The standard InChI is InChI=1S/C17H24F4N4O/c1-2-22-16(23-9-15(26)12-3-5-13(18)6-4-12)24-14-7-8-25(10-14)11-17(19,20)21/h3-6,14-15,26H,2,7-11H2,1H3,(H2,22,23,24). The molecule has 3 N–H and O–H groups in total. The second-order valence-corrected chi connectivity index (χ2v) is 6.27. The molecule has 5 nitrogen and oxygen atoms in total. The second-order valence-electron chi connectivity index (χ2n) is 6.27. The van der Waals surface area contributed by atoms with Crippen molar-refractivity contribution < 1.29 is 22.7 Å². The number of nitrogens with one attached hydrogen (secondary N) is 2. The summed E-state index contributed by atoms with van der Waals surface area (Å²) in [5, 5.41) is 16.3. The van der Waals surface area contributed by atoms with Crippen LogP contribution in [0.1, 0.15) is 25.0 Å². The van der Waals surface area contributed by atoms with E-state index in [4.69, 9.17) is 0 Å². The van der Waals surface area contributed by atoms with Crippen molar-refractivity contribution in [2.24, 2.45) is 4.99 Å². The van der Waals surface area contributed by atoms with E-state index in [1.807, 2.05) is 6.92 Å². The molecule has 0 bridgehead atoms. The monoisotopic (exact) mass is 376 g/mol. The Bertz CT molecular complexity index is 591. The molecule has 2 unspecified atom stereocenters. The highest BCUT2D eigenvalue weighted by Crippen LogP contribution is 2.20. The fraction of sp³-hybridized carbons (Fsp3) is 0.588. The van der Waals surface area contributed by atoms with Gasteiger partial charge in [-0.2, -0.15) is 13.2 Å². The SMILES string of the molecule is CCNC(=NCC(O)c1ccc(F)cc1)NC1CCN(CC(F)(F)F)C1. The third kappa shape index (κ3) is 6.80. The maximum Gasteiger partial charge on any atom is 0.401 e. The van der Waals surface area contributed by atoms with E-state index in [0.29, 0.717) is 31.0 Å². The maximum atomic E-state index is 12.9. The highest BCUT2D eigenvalue weighted by Gasteiger charge is 2.34. The van der Waals surface area contributed by atoms with Gasteiger partial charge in [-0.3, -0.25) is 9.89 Å². The molecular weight excluding hydrogens is 352 g/mol. The molecule has 1 saturated heterocycles. The van der Waals surface area contributed by atoms with Crippen molar-refractivity contribution in [3.63, 3.8) is 0 Å². The first-order valence-corrected chi connectivity index (χ1v) is 8.54. The number of likely N-dealkylation sites (tertiary alicyclic amines) is 1. The summed E-state index contributed by atoms with van der Waals surface area (Å²) in [4.78, 5) is 5.64. The smallest absolute Gasteiger partial charge is 0.386 e. The molecule has 0 amide bonds. The number of benzene rings is 1. The number of alkyl halides is 3. The van der Waals surface area contributed by atoms with Crippen LogP contribution in [0.3, 0.4) is 0 Å². The molecule has 0 aliphatic carbocycles. The van der Waals surface area contributed by atoms with Crippen molar-refractivity contribution in [2.75, 3.05) is 32.7 Å². The van der Waals surface area contributed by atoms with Crippen LogP contribution in [0.4, 0.5) is 17.6 Å². The first-order chi connectivity index (χ1) is 12.3. The number of aliphatic hydroxyl groups excluding tert-OH is 1. The Labute approximate surface area is 150 Å². The van der Waals surface area contributed by atoms with Crippen LogP contribution in [0.5, 0.6) is 0 Å². The summed E-state index contributed by atoms with van der Waals surface area (Å²) in [6.07, 6.45) is -4.51. The Kier molecular flexibility index (Phi) is 7.22. The Hall–Kier alpha value is -1.87. The number of rotatable bonds is 6. The molecule has 1 heterocycles. The zero-order chi connectivity index (χ0) is 19.2. The molecule has 1 aliphatic heterocycles. The molecule has 0 saturated carbocycles. The average molecular weight is 376 g/mol. The highest BCUT2D eigenvalue weighted by molar-refractivity contribution is 5.80. The molecule has 1 fully saturated rings. The minimum Gasteiger partial charge on any atom is -0.386 e. The minimum atomic E-state index is -4.20. The number of halogens is 4. The van der Waals surface area contributed by atoms with Crippen LogP contribution < -0.4 is 10.6 Å². The van der Waals surface area contributed by atoms with Gasteiger partial charge in [0.05, 0.1) is 19.2 Å². The first kappa shape index (κ1) is 20.4. The molecule has 9 heteroatoms. The molecule has 1 aliphatic rings. The fourth-order valence-corrected chi connectivity index (χ4v) is 2.83. The van der Waals surface area contributed by atoms with E-state index in [2.05, 4.69) is 15.6 Å². The third-order valence-electron chi connectivity index (χ3n) is 4.04. The van der Waals surface area contributed by atoms with E-state index in [0.717, 1.165) is 0 Å². The van der Waals surface area contributed by atoms with Gasteiger partial charge < -0.3 is 15.7 Å². The summed E-state index contributed by atoms with van der Waals surface area (Å²) >= 11 is 0.